The van der Waals surface area contributed by atoms with E-state index >= 15 is 0 Å². The molecule has 6 heteroatoms. The predicted octanol–water partition coefficient (Wildman–Crippen LogP) is 1.23. The smallest absolute Gasteiger partial charge is 0.247 e. The molecule has 1 aromatic carbocycles. The van der Waals surface area contributed by atoms with Crippen molar-refractivity contribution in [3.63, 3.8) is 0 Å². The third-order valence-electron chi connectivity index (χ3n) is 4.79. The van der Waals surface area contributed by atoms with E-state index in [2.05, 4.69) is 5.32 Å². The first-order chi connectivity index (χ1) is 9.95. The van der Waals surface area contributed by atoms with E-state index in [1.165, 1.54) is 7.11 Å². The Bertz CT molecular complexity index is 644. The molecule has 21 heavy (non-hydrogen) atoms. The van der Waals surface area contributed by atoms with Gasteiger partial charge in [-0.1, -0.05) is 6.07 Å². The Morgan fingerprint density at radius 1 is 1.33 bits per heavy atom. The van der Waals surface area contributed by atoms with Crippen LogP contribution in [0, 0.1) is 18.8 Å². The fourth-order valence-electron chi connectivity index (χ4n) is 3.56. The lowest BCUT2D eigenvalue weighted by molar-refractivity contribution is 0.355. The molecule has 116 valence electrons. The lowest BCUT2D eigenvalue weighted by atomic mass is 9.95. The molecule has 0 aromatic heterocycles. The van der Waals surface area contributed by atoms with Crippen LogP contribution in [0.1, 0.15) is 12.5 Å². The van der Waals surface area contributed by atoms with Crippen LogP contribution in [0.2, 0.25) is 0 Å². The van der Waals surface area contributed by atoms with Crippen LogP contribution >= 0.6 is 0 Å². The average molecular weight is 310 g/mol. The molecule has 0 aliphatic carbocycles. The molecule has 2 saturated heterocycles. The van der Waals surface area contributed by atoms with Gasteiger partial charge < -0.3 is 10.1 Å². The van der Waals surface area contributed by atoms with Gasteiger partial charge in [0.05, 0.1) is 7.11 Å². The fraction of sp³-hybridized carbons (Fsp3) is 0.600. The van der Waals surface area contributed by atoms with E-state index in [9.17, 15) is 8.42 Å². The summed E-state index contributed by atoms with van der Waals surface area (Å²) in [5.74, 6) is 1.25. The normalized spacial score (nSPS) is 29.6. The average Bonchev–Trinajstić information content (AvgIpc) is 3.02. The monoisotopic (exact) mass is 310 g/mol. The van der Waals surface area contributed by atoms with Gasteiger partial charge >= 0.3 is 0 Å². The maximum absolute atomic E-state index is 13.0. The number of aryl methyl sites for hydroxylation is 1. The van der Waals surface area contributed by atoms with Crippen molar-refractivity contribution in [3.8, 4) is 5.75 Å². The van der Waals surface area contributed by atoms with Crippen molar-refractivity contribution in [2.24, 2.45) is 11.8 Å². The molecular formula is C15H22N2O3S. The number of nitrogens with one attached hydrogen (secondary N) is 1. The maximum Gasteiger partial charge on any atom is 0.247 e. The molecule has 3 atom stereocenters. The summed E-state index contributed by atoms with van der Waals surface area (Å²) in [5.41, 5.74) is 0.920. The Labute approximate surface area is 126 Å². The molecule has 2 aliphatic rings. The Kier molecular flexibility index (Phi) is 3.71. The SMILES string of the molecule is COc1ccc(C)cc1S(=O)(=O)N1CC2CNCC2C1C. The molecule has 3 rings (SSSR count). The van der Waals surface area contributed by atoms with E-state index in [0.717, 1.165) is 18.7 Å². The maximum atomic E-state index is 13.0. The molecule has 3 unspecified atom stereocenters. The van der Waals surface area contributed by atoms with Gasteiger partial charge in [-0.2, -0.15) is 4.31 Å². The Hall–Kier alpha value is -1.11. The van der Waals surface area contributed by atoms with Crippen LogP contribution in [0.25, 0.3) is 0 Å². The van der Waals surface area contributed by atoms with Gasteiger partial charge in [0, 0.05) is 12.6 Å². The molecule has 5 nitrogen and oxygen atoms in total. The van der Waals surface area contributed by atoms with Gasteiger partial charge in [-0.3, -0.25) is 0 Å². The van der Waals surface area contributed by atoms with Crippen LogP contribution in [0.15, 0.2) is 23.1 Å². The zero-order valence-corrected chi connectivity index (χ0v) is 13.5. The minimum absolute atomic E-state index is 0.0280. The first-order valence-corrected chi connectivity index (χ1v) is 8.76. The molecule has 0 radical (unpaired) electrons. The molecular weight excluding hydrogens is 288 g/mol. The summed E-state index contributed by atoms with van der Waals surface area (Å²) in [6.45, 7) is 6.31. The van der Waals surface area contributed by atoms with E-state index in [4.69, 9.17) is 4.74 Å². The van der Waals surface area contributed by atoms with Crippen LogP contribution in [-0.2, 0) is 10.0 Å². The summed E-state index contributed by atoms with van der Waals surface area (Å²) in [5, 5.41) is 3.35. The van der Waals surface area contributed by atoms with Gasteiger partial charge in [0.1, 0.15) is 10.6 Å². The summed E-state index contributed by atoms with van der Waals surface area (Å²) < 4.78 is 33.0. The van der Waals surface area contributed by atoms with Crippen LogP contribution < -0.4 is 10.1 Å². The van der Waals surface area contributed by atoms with E-state index in [1.54, 1.807) is 16.4 Å². The minimum atomic E-state index is -3.51. The minimum Gasteiger partial charge on any atom is -0.495 e. The van der Waals surface area contributed by atoms with Crippen molar-refractivity contribution >= 4 is 10.0 Å². The number of fused-ring (bicyclic) bond motifs is 1. The summed E-state index contributed by atoms with van der Waals surface area (Å²) in [4.78, 5) is 0.282. The summed E-state index contributed by atoms with van der Waals surface area (Å²) in [6, 6.07) is 5.32. The summed E-state index contributed by atoms with van der Waals surface area (Å²) in [6.07, 6.45) is 0. The van der Waals surface area contributed by atoms with Crippen LogP contribution in [0.3, 0.4) is 0 Å². The zero-order chi connectivity index (χ0) is 15.2. The van der Waals surface area contributed by atoms with Crippen molar-refractivity contribution < 1.29 is 13.2 Å². The highest BCUT2D eigenvalue weighted by Gasteiger charge is 2.47. The van der Waals surface area contributed by atoms with Crippen molar-refractivity contribution in [3.05, 3.63) is 23.8 Å². The lowest BCUT2D eigenvalue weighted by Crippen LogP contribution is -2.38. The first kappa shape index (κ1) is 14.8. The number of nitrogens with zero attached hydrogens (tertiary/aromatic N) is 1. The highest BCUT2D eigenvalue weighted by Crippen LogP contribution is 2.38. The van der Waals surface area contributed by atoms with Gasteiger partial charge in [-0.25, -0.2) is 8.42 Å². The summed E-state index contributed by atoms with van der Waals surface area (Å²) >= 11 is 0. The number of methoxy groups -OCH3 is 1. The Morgan fingerprint density at radius 2 is 2.10 bits per heavy atom. The highest BCUT2D eigenvalue weighted by molar-refractivity contribution is 7.89. The van der Waals surface area contributed by atoms with E-state index in [0.29, 0.717) is 24.1 Å². The second-order valence-electron chi connectivity index (χ2n) is 6.05. The molecule has 2 aliphatic heterocycles. The van der Waals surface area contributed by atoms with Crippen molar-refractivity contribution in [1.29, 1.82) is 0 Å². The molecule has 0 amide bonds. The van der Waals surface area contributed by atoms with Crippen molar-refractivity contribution in [2.75, 3.05) is 26.7 Å². The molecule has 0 bridgehead atoms. The zero-order valence-electron chi connectivity index (χ0n) is 12.7. The number of rotatable bonds is 3. The molecule has 0 spiro atoms. The van der Waals surface area contributed by atoms with Gasteiger partial charge in [-0.15, -0.1) is 0 Å². The Morgan fingerprint density at radius 3 is 2.76 bits per heavy atom. The van der Waals surface area contributed by atoms with Crippen LogP contribution in [0.4, 0.5) is 0 Å². The molecule has 0 saturated carbocycles. The quantitative estimate of drug-likeness (QED) is 0.912. The number of ether oxygens (including phenoxy) is 1. The van der Waals surface area contributed by atoms with E-state index in [-0.39, 0.29) is 10.9 Å². The number of benzene rings is 1. The number of hydrogen-bond donors (Lipinski definition) is 1. The largest absolute Gasteiger partial charge is 0.495 e. The lowest BCUT2D eigenvalue weighted by Gasteiger charge is -2.24. The molecule has 2 fully saturated rings. The second kappa shape index (κ2) is 5.26. The number of sulfonamides is 1. The van der Waals surface area contributed by atoms with Gasteiger partial charge in [0.2, 0.25) is 10.0 Å². The van der Waals surface area contributed by atoms with Gasteiger partial charge in [-0.05, 0) is 56.5 Å². The van der Waals surface area contributed by atoms with E-state index in [1.807, 2.05) is 19.9 Å². The molecule has 1 aromatic rings. The summed E-state index contributed by atoms with van der Waals surface area (Å²) in [7, 11) is -2.00. The highest BCUT2D eigenvalue weighted by atomic mass is 32.2. The topological polar surface area (TPSA) is 58.6 Å². The van der Waals surface area contributed by atoms with Crippen LogP contribution in [-0.4, -0.2) is 45.5 Å². The second-order valence-corrected chi connectivity index (χ2v) is 7.91. The Balaban J connectivity index is 2.00. The number of hydrogen-bond acceptors (Lipinski definition) is 4. The van der Waals surface area contributed by atoms with Gasteiger partial charge in [0.15, 0.2) is 0 Å². The molecule has 1 N–H and O–H groups in total. The van der Waals surface area contributed by atoms with E-state index < -0.39 is 10.0 Å². The van der Waals surface area contributed by atoms with Crippen molar-refractivity contribution in [2.45, 2.75) is 24.8 Å². The van der Waals surface area contributed by atoms with Crippen molar-refractivity contribution in [1.82, 2.24) is 9.62 Å². The van der Waals surface area contributed by atoms with Gasteiger partial charge in [0.25, 0.3) is 0 Å². The standard InChI is InChI=1S/C15H22N2O3S/c1-10-4-5-14(20-3)15(6-10)21(18,19)17-9-12-7-16-8-13(12)11(17)2/h4-6,11-13,16H,7-9H2,1-3H3. The predicted molar refractivity (Wildman–Crippen MR) is 80.9 cm³/mol. The molecule has 2 heterocycles. The fourth-order valence-corrected chi connectivity index (χ4v) is 5.53. The first-order valence-electron chi connectivity index (χ1n) is 7.32. The third-order valence-corrected chi connectivity index (χ3v) is 6.76. The van der Waals surface area contributed by atoms with Crippen LogP contribution in [0.5, 0.6) is 5.75 Å². The third kappa shape index (κ3) is 2.35.